The molecule has 0 saturated carbocycles. The Morgan fingerprint density at radius 3 is 2.63 bits per heavy atom. The van der Waals surface area contributed by atoms with Gasteiger partial charge in [0.05, 0.1) is 26.2 Å². The van der Waals surface area contributed by atoms with Gasteiger partial charge < -0.3 is 14.5 Å². The monoisotopic (exact) mass is 520 g/mol. The first-order chi connectivity index (χ1) is 18.5. The number of benzene rings is 2. The molecule has 1 unspecified atom stereocenters. The van der Waals surface area contributed by atoms with Crippen molar-refractivity contribution < 1.29 is 18.7 Å². The first kappa shape index (κ1) is 25.5. The molecule has 10 nitrogen and oxygen atoms in total. The van der Waals surface area contributed by atoms with Crippen molar-refractivity contribution in [3.63, 3.8) is 0 Å². The van der Waals surface area contributed by atoms with Gasteiger partial charge in [0, 0.05) is 29.6 Å². The number of likely N-dealkylation sites (tertiary alicyclic amines) is 1. The summed E-state index contributed by atoms with van der Waals surface area (Å²) in [6.07, 6.45) is 1.18. The van der Waals surface area contributed by atoms with Gasteiger partial charge in [-0.25, -0.2) is 9.07 Å². The quantitative estimate of drug-likeness (QED) is 0.353. The minimum Gasteiger partial charge on any atom is -0.497 e. The Hall–Kier alpha value is -4.12. The van der Waals surface area contributed by atoms with Crippen LogP contribution in [0.1, 0.15) is 42.8 Å². The van der Waals surface area contributed by atoms with E-state index in [9.17, 15) is 14.0 Å². The van der Waals surface area contributed by atoms with E-state index in [2.05, 4.69) is 25.4 Å². The van der Waals surface area contributed by atoms with E-state index in [1.807, 2.05) is 12.1 Å². The number of esters is 1. The predicted molar refractivity (Wildman–Crippen MR) is 137 cm³/mol. The number of nitrogens with zero attached hydrogens (tertiary/aromatic N) is 5. The summed E-state index contributed by atoms with van der Waals surface area (Å²) in [6.45, 7) is 3.54. The molecule has 4 aromatic rings. The molecule has 2 aromatic heterocycles. The van der Waals surface area contributed by atoms with E-state index in [1.54, 1.807) is 43.0 Å². The minimum absolute atomic E-state index is 0.193. The van der Waals surface area contributed by atoms with Gasteiger partial charge >= 0.3 is 5.97 Å². The topological polar surface area (TPSA) is 115 Å². The highest BCUT2D eigenvalue weighted by molar-refractivity contribution is 5.80. The molecule has 0 amide bonds. The molecule has 3 heterocycles. The number of H-pyrrole nitrogens is 1. The highest BCUT2D eigenvalue weighted by Crippen LogP contribution is 2.32. The second-order valence-corrected chi connectivity index (χ2v) is 9.29. The molecular weight excluding hydrogens is 491 g/mol. The lowest BCUT2D eigenvalue weighted by molar-refractivity contribution is -0.149. The van der Waals surface area contributed by atoms with Gasteiger partial charge in [0.15, 0.2) is 5.82 Å². The van der Waals surface area contributed by atoms with E-state index in [4.69, 9.17) is 9.47 Å². The summed E-state index contributed by atoms with van der Waals surface area (Å²) in [6, 6.07) is 12.8. The van der Waals surface area contributed by atoms with Crippen LogP contribution in [0.25, 0.3) is 10.9 Å². The van der Waals surface area contributed by atoms with Crippen molar-refractivity contribution in [1.82, 2.24) is 30.1 Å². The van der Waals surface area contributed by atoms with Crippen LogP contribution >= 0.6 is 0 Å². The molecule has 5 rings (SSSR count). The van der Waals surface area contributed by atoms with Gasteiger partial charge in [0.1, 0.15) is 17.6 Å². The highest BCUT2D eigenvalue weighted by Gasteiger charge is 2.35. The summed E-state index contributed by atoms with van der Waals surface area (Å²) in [5.74, 6) is 0.438. The molecule has 1 saturated heterocycles. The van der Waals surface area contributed by atoms with E-state index >= 15 is 0 Å². The number of tetrazole rings is 1. The Kier molecular flexibility index (Phi) is 7.45. The van der Waals surface area contributed by atoms with Crippen LogP contribution in [0.3, 0.4) is 0 Å². The molecular formula is C27H29FN6O4. The van der Waals surface area contributed by atoms with Crippen molar-refractivity contribution in [2.75, 3.05) is 26.8 Å². The molecule has 1 fully saturated rings. The molecule has 0 aliphatic carbocycles. The number of carbonyl (C=O) groups excluding carboxylic acids is 1. The fourth-order valence-corrected chi connectivity index (χ4v) is 4.97. The summed E-state index contributed by atoms with van der Waals surface area (Å²) in [7, 11) is 1.59. The lowest BCUT2D eigenvalue weighted by atomic mass is 9.94. The Morgan fingerprint density at radius 1 is 1.16 bits per heavy atom. The maximum Gasteiger partial charge on any atom is 0.309 e. The summed E-state index contributed by atoms with van der Waals surface area (Å²) in [5, 5.41) is 13.3. The van der Waals surface area contributed by atoms with Gasteiger partial charge in [-0.05, 0) is 72.2 Å². The number of carbonyl (C=O) groups is 1. The number of methoxy groups -OCH3 is 1. The van der Waals surface area contributed by atoms with Gasteiger partial charge in [-0.3, -0.25) is 14.5 Å². The largest absolute Gasteiger partial charge is 0.497 e. The van der Waals surface area contributed by atoms with Gasteiger partial charge in [-0.2, -0.15) is 0 Å². The molecule has 2 aromatic carbocycles. The van der Waals surface area contributed by atoms with Crippen LogP contribution in [0.4, 0.5) is 4.39 Å². The van der Waals surface area contributed by atoms with Gasteiger partial charge in [0.2, 0.25) is 0 Å². The van der Waals surface area contributed by atoms with E-state index in [0.29, 0.717) is 61.7 Å². The zero-order valence-corrected chi connectivity index (χ0v) is 21.3. The highest BCUT2D eigenvalue weighted by atomic mass is 19.1. The number of ether oxygens (including phenoxy) is 2. The fraction of sp³-hybridized carbons (Fsp3) is 0.370. The number of halogens is 1. The maximum absolute atomic E-state index is 13.5. The summed E-state index contributed by atoms with van der Waals surface area (Å²) in [4.78, 5) is 30.9. The van der Waals surface area contributed by atoms with Gasteiger partial charge in [-0.1, -0.05) is 12.1 Å². The Bertz CT molecular complexity index is 1480. The van der Waals surface area contributed by atoms with Gasteiger partial charge in [-0.15, -0.1) is 5.10 Å². The predicted octanol–water partition coefficient (Wildman–Crippen LogP) is 3.08. The zero-order valence-electron chi connectivity index (χ0n) is 21.3. The number of rotatable bonds is 8. The van der Waals surface area contributed by atoms with Crippen LogP contribution in [-0.2, 0) is 16.1 Å². The Morgan fingerprint density at radius 2 is 1.92 bits per heavy atom. The SMILES string of the molecule is CCOC(=O)C1CCN(C(c2cc3cc(OC)ccc3[nH]c2=O)c2nnnn2Cc2ccc(F)cc2)CC1. The van der Waals surface area contributed by atoms with Crippen LogP contribution < -0.4 is 10.3 Å². The number of hydrogen-bond donors (Lipinski definition) is 1. The number of aromatic amines is 1. The van der Waals surface area contributed by atoms with E-state index in [1.165, 1.54) is 12.1 Å². The smallest absolute Gasteiger partial charge is 0.309 e. The van der Waals surface area contributed by atoms with Crippen molar-refractivity contribution in [2.24, 2.45) is 5.92 Å². The zero-order chi connectivity index (χ0) is 26.6. The van der Waals surface area contributed by atoms with Crippen LogP contribution in [0, 0.1) is 11.7 Å². The molecule has 1 aliphatic heterocycles. The second kappa shape index (κ2) is 11.1. The number of nitrogens with one attached hydrogen (secondary N) is 1. The van der Waals surface area contributed by atoms with Crippen LogP contribution in [0.2, 0.25) is 0 Å². The Balaban J connectivity index is 1.55. The third kappa shape index (κ3) is 5.28. The third-order valence-corrected chi connectivity index (χ3v) is 6.94. The van der Waals surface area contributed by atoms with Crippen LogP contribution in [0.15, 0.2) is 53.3 Å². The number of fused-ring (bicyclic) bond motifs is 1. The van der Waals surface area contributed by atoms with Crippen molar-refractivity contribution in [2.45, 2.75) is 32.4 Å². The molecule has 198 valence electrons. The van der Waals surface area contributed by atoms with Gasteiger partial charge in [0.25, 0.3) is 5.56 Å². The lowest BCUT2D eigenvalue weighted by Gasteiger charge is -2.36. The minimum atomic E-state index is -0.576. The number of hydrogen-bond acceptors (Lipinski definition) is 8. The second-order valence-electron chi connectivity index (χ2n) is 9.29. The lowest BCUT2D eigenvalue weighted by Crippen LogP contribution is -2.42. The first-order valence-electron chi connectivity index (χ1n) is 12.6. The van der Waals surface area contributed by atoms with Crippen molar-refractivity contribution >= 4 is 16.9 Å². The summed E-state index contributed by atoms with van der Waals surface area (Å²) >= 11 is 0. The molecule has 0 radical (unpaired) electrons. The summed E-state index contributed by atoms with van der Waals surface area (Å²) < 4.78 is 25.7. The van der Waals surface area contributed by atoms with E-state index in [0.717, 1.165) is 10.9 Å². The molecule has 1 aliphatic rings. The average molecular weight is 521 g/mol. The Labute approximate surface area is 218 Å². The molecule has 0 spiro atoms. The molecule has 1 atom stereocenters. The van der Waals surface area contributed by atoms with Crippen LogP contribution in [-0.4, -0.2) is 62.9 Å². The summed E-state index contributed by atoms with van der Waals surface area (Å²) in [5.41, 5.74) is 1.73. The fourth-order valence-electron chi connectivity index (χ4n) is 4.97. The number of aromatic nitrogens is 5. The average Bonchev–Trinajstić information content (AvgIpc) is 3.38. The van der Waals surface area contributed by atoms with E-state index < -0.39 is 6.04 Å². The number of pyridine rings is 1. The first-order valence-corrected chi connectivity index (χ1v) is 12.6. The van der Waals surface area contributed by atoms with Crippen molar-refractivity contribution in [3.8, 4) is 5.75 Å². The van der Waals surface area contributed by atoms with Crippen molar-refractivity contribution in [1.29, 1.82) is 0 Å². The normalized spacial score (nSPS) is 15.4. The maximum atomic E-state index is 13.5. The van der Waals surface area contributed by atoms with E-state index in [-0.39, 0.29) is 23.3 Å². The van der Waals surface area contributed by atoms with Crippen molar-refractivity contribution in [3.05, 3.63) is 81.7 Å². The molecule has 0 bridgehead atoms. The third-order valence-electron chi connectivity index (χ3n) is 6.94. The van der Waals surface area contributed by atoms with Crippen LogP contribution in [0.5, 0.6) is 5.75 Å². The standard InChI is InChI=1S/C27H29FN6O4/c1-3-38-27(36)18-10-12-33(13-11-18)24(22-15-19-14-21(37-2)8-9-23(19)29-26(22)35)25-30-31-32-34(25)16-17-4-6-20(28)7-5-17/h4-9,14-15,18,24H,3,10-13,16H2,1-2H3,(H,29,35). The molecule has 1 N–H and O–H groups in total. The molecule has 11 heteroatoms. The number of piperidine rings is 1. The molecule has 38 heavy (non-hydrogen) atoms.